The molecule has 7 nitrogen and oxygen atoms in total. The van der Waals surface area contributed by atoms with Crippen molar-refractivity contribution < 1.29 is 17.9 Å². The average molecular weight is 517 g/mol. The highest BCUT2D eigenvalue weighted by atomic mass is 32.1. The molecule has 0 radical (unpaired) electrons. The van der Waals surface area contributed by atoms with Crippen molar-refractivity contribution in [1.82, 2.24) is 19.5 Å². The van der Waals surface area contributed by atoms with E-state index in [0.29, 0.717) is 40.6 Å². The van der Waals surface area contributed by atoms with Gasteiger partial charge in [0.15, 0.2) is 5.65 Å². The smallest absolute Gasteiger partial charge is 0.406 e. The molecule has 1 aliphatic heterocycles. The number of allylic oxidation sites excluding steroid dienone is 1. The van der Waals surface area contributed by atoms with Crippen molar-refractivity contribution in [3.8, 4) is 16.9 Å². The Hall–Kier alpha value is -3.21. The van der Waals surface area contributed by atoms with E-state index in [2.05, 4.69) is 39.6 Å². The minimum absolute atomic E-state index is 0.229. The van der Waals surface area contributed by atoms with Gasteiger partial charge in [0.05, 0.1) is 5.03 Å². The van der Waals surface area contributed by atoms with Crippen LogP contribution in [0.15, 0.2) is 53.7 Å². The molecule has 190 valence electrons. The Morgan fingerprint density at radius 1 is 1.22 bits per heavy atom. The molecule has 1 aliphatic carbocycles. The van der Waals surface area contributed by atoms with Crippen LogP contribution in [0, 0.1) is 23.2 Å². The topological polar surface area (TPSA) is 78.5 Å². The first kappa shape index (κ1) is 24.5. The number of pyridine rings is 1. The standard InChI is InChI=1S/C25H27F3N6OS/c1-3-17-19-12-33(21(36)11-14(2)29)13-20(19)22(17)30-24-31-23-18(5-4-10-34(23)32-24)15-6-8-16(9-7-15)35-25(26,27)28/h4-11,17,19-20,22,29,36H,3,12-13H2,1-2H3,(H,30,32)/b21-11-,29-14?/t17?,19?,20-,22-/m1/s1. The van der Waals surface area contributed by atoms with Crippen molar-refractivity contribution in [3.05, 3.63) is 53.7 Å². The van der Waals surface area contributed by atoms with Crippen molar-refractivity contribution in [1.29, 1.82) is 5.41 Å². The molecule has 0 spiro atoms. The molecule has 2 unspecified atom stereocenters. The van der Waals surface area contributed by atoms with Gasteiger partial charge in [0.25, 0.3) is 0 Å². The number of nitrogens with one attached hydrogen (secondary N) is 2. The molecule has 36 heavy (non-hydrogen) atoms. The predicted molar refractivity (Wildman–Crippen MR) is 135 cm³/mol. The number of hydrogen-bond acceptors (Lipinski definition) is 7. The van der Waals surface area contributed by atoms with Crippen molar-refractivity contribution in [2.24, 2.45) is 17.8 Å². The van der Waals surface area contributed by atoms with Gasteiger partial charge in [-0.1, -0.05) is 25.5 Å². The number of ether oxygens (including phenoxy) is 1. The Balaban J connectivity index is 1.35. The maximum Gasteiger partial charge on any atom is 0.573 e. The first-order valence-corrected chi connectivity index (χ1v) is 12.3. The molecule has 1 saturated heterocycles. The van der Waals surface area contributed by atoms with E-state index in [1.54, 1.807) is 35.8 Å². The van der Waals surface area contributed by atoms with E-state index in [9.17, 15) is 13.2 Å². The maximum absolute atomic E-state index is 12.5. The summed E-state index contributed by atoms with van der Waals surface area (Å²) in [4.78, 5) is 6.97. The third kappa shape index (κ3) is 4.76. The molecule has 2 aromatic heterocycles. The lowest BCUT2D eigenvalue weighted by Crippen LogP contribution is -2.54. The number of alkyl halides is 3. The molecule has 0 amide bonds. The second-order valence-corrected chi connectivity index (χ2v) is 9.82. The molecule has 11 heteroatoms. The van der Waals surface area contributed by atoms with Crippen LogP contribution in [0.25, 0.3) is 16.8 Å². The van der Waals surface area contributed by atoms with Gasteiger partial charge >= 0.3 is 6.36 Å². The number of benzene rings is 1. The SMILES string of the molecule is CCC1C2CN(/C(S)=C/C(C)=N)C[C@H]2[C@@H]1Nc1nc2c(-c3ccc(OC(F)(F)F)cc3)cccn2n1. The third-order valence-corrected chi connectivity index (χ3v) is 7.49. The van der Waals surface area contributed by atoms with E-state index < -0.39 is 6.36 Å². The molecule has 2 fully saturated rings. The molecular weight excluding hydrogens is 489 g/mol. The van der Waals surface area contributed by atoms with Crippen LogP contribution < -0.4 is 10.1 Å². The molecule has 3 heterocycles. The largest absolute Gasteiger partial charge is 0.573 e. The normalized spacial score (nSPS) is 23.9. The molecule has 0 bridgehead atoms. The number of rotatable bonds is 7. The van der Waals surface area contributed by atoms with Gasteiger partial charge in [-0.3, -0.25) is 0 Å². The average Bonchev–Trinajstić information content (AvgIpc) is 3.39. The number of thiol groups is 1. The molecule has 2 N–H and O–H groups in total. The van der Waals surface area contributed by atoms with Crippen molar-refractivity contribution >= 4 is 29.9 Å². The summed E-state index contributed by atoms with van der Waals surface area (Å²) >= 11 is 4.60. The van der Waals surface area contributed by atoms with Crippen molar-refractivity contribution in [2.45, 2.75) is 32.7 Å². The van der Waals surface area contributed by atoms with E-state index in [4.69, 9.17) is 10.4 Å². The van der Waals surface area contributed by atoms with Gasteiger partial charge in [-0.15, -0.1) is 30.9 Å². The summed E-state index contributed by atoms with van der Waals surface area (Å²) in [6.45, 7) is 5.74. The Morgan fingerprint density at radius 2 is 1.94 bits per heavy atom. The number of halogens is 3. The van der Waals surface area contributed by atoms with Crippen LogP contribution in [0.3, 0.4) is 0 Å². The summed E-state index contributed by atoms with van der Waals surface area (Å²) in [5.74, 6) is 1.72. The van der Waals surface area contributed by atoms with Gasteiger partial charge in [-0.25, -0.2) is 4.52 Å². The summed E-state index contributed by atoms with van der Waals surface area (Å²) < 4.78 is 43.1. The van der Waals surface area contributed by atoms with Crippen molar-refractivity contribution in [2.75, 3.05) is 18.4 Å². The maximum atomic E-state index is 12.5. The van der Waals surface area contributed by atoms with Crippen LogP contribution in [0.5, 0.6) is 5.75 Å². The Morgan fingerprint density at radius 3 is 2.61 bits per heavy atom. The minimum atomic E-state index is -4.73. The van der Waals surface area contributed by atoms with Gasteiger partial charge in [0.2, 0.25) is 5.95 Å². The van der Waals surface area contributed by atoms with Crippen LogP contribution >= 0.6 is 12.6 Å². The summed E-state index contributed by atoms with van der Waals surface area (Å²) in [5.41, 5.74) is 2.57. The predicted octanol–water partition coefficient (Wildman–Crippen LogP) is 5.47. The van der Waals surface area contributed by atoms with Crippen molar-refractivity contribution in [3.63, 3.8) is 0 Å². The first-order chi connectivity index (χ1) is 17.1. The van der Waals surface area contributed by atoms with Crippen LogP contribution in [0.4, 0.5) is 19.1 Å². The van der Waals surface area contributed by atoms with E-state index in [0.717, 1.165) is 30.1 Å². The Bertz CT molecular complexity index is 1310. The molecule has 1 aromatic carbocycles. The van der Waals surface area contributed by atoms with Crippen LogP contribution in [-0.2, 0) is 0 Å². The molecule has 2 aliphatic rings. The fourth-order valence-corrected chi connectivity index (χ4v) is 5.90. The van der Waals surface area contributed by atoms with Gasteiger partial charge in [0.1, 0.15) is 5.75 Å². The van der Waals surface area contributed by atoms with E-state index >= 15 is 0 Å². The second-order valence-electron chi connectivity index (χ2n) is 9.36. The zero-order chi connectivity index (χ0) is 25.6. The summed E-state index contributed by atoms with van der Waals surface area (Å²) in [7, 11) is 0. The number of likely N-dealkylation sites (tertiary alicyclic amines) is 1. The minimum Gasteiger partial charge on any atom is -0.406 e. The van der Waals surface area contributed by atoms with E-state index in [1.807, 2.05) is 12.1 Å². The van der Waals surface area contributed by atoms with Gasteiger partial charge in [-0.05, 0) is 54.7 Å². The fraction of sp³-hybridized carbons (Fsp3) is 0.400. The number of hydrogen-bond donors (Lipinski definition) is 3. The molecular formula is C25H27F3N6OS. The highest BCUT2D eigenvalue weighted by molar-refractivity contribution is 7.84. The third-order valence-electron chi connectivity index (χ3n) is 7.08. The van der Waals surface area contributed by atoms with E-state index in [-0.39, 0.29) is 11.8 Å². The molecule has 5 rings (SSSR count). The molecule has 3 aromatic rings. The van der Waals surface area contributed by atoms with Crippen LogP contribution in [0.2, 0.25) is 0 Å². The van der Waals surface area contributed by atoms with Crippen LogP contribution in [0.1, 0.15) is 20.3 Å². The Kier molecular flexibility index (Phi) is 6.36. The molecule has 4 atom stereocenters. The number of nitrogens with zero attached hydrogens (tertiary/aromatic N) is 4. The highest BCUT2D eigenvalue weighted by Gasteiger charge is 2.54. The number of fused-ring (bicyclic) bond motifs is 2. The number of aromatic nitrogens is 3. The highest BCUT2D eigenvalue weighted by Crippen LogP contribution is 2.49. The Labute approximate surface area is 212 Å². The molecule has 1 saturated carbocycles. The fourth-order valence-electron chi connectivity index (χ4n) is 5.55. The summed E-state index contributed by atoms with van der Waals surface area (Å²) in [6, 6.07) is 9.65. The lowest BCUT2D eigenvalue weighted by Gasteiger charge is -2.47. The monoisotopic (exact) mass is 516 g/mol. The first-order valence-electron chi connectivity index (χ1n) is 11.8. The lowest BCUT2D eigenvalue weighted by atomic mass is 9.61. The van der Waals surface area contributed by atoms with Gasteiger partial charge in [-0.2, -0.15) is 4.98 Å². The number of anilines is 1. The lowest BCUT2D eigenvalue weighted by molar-refractivity contribution is -0.274. The summed E-state index contributed by atoms with van der Waals surface area (Å²) in [6.07, 6.45) is -0.114. The zero-order valence-electron chi connectivity index (χ0n) is 19.8. The second kappa shape index (κ2) is 9.34. The zero-order valence-corrected chi connectivity index (χ0v) is 20.7. The van der Waals surface area contributed by atoms with Gasteiger partial charge in [0, 0.05) is 42.5 Å². The summed E-state index contributed by atoms with van der Waals surface area (Å²) in [5, 5.41) is 16.7. The van der Waals surface area contributed by atoms with Crippen LogP contribution in [-0.4, -0.2) is 50.7 Å². The van der Waals surface area contributed by atoms with Gasteiger partial charge < -0.3 is 20.4 Å². The quantitative estimate of drug-likeness (QED) is 0.287. The van der Waals surface area contributed by atoms with E-state index in [1.165, 1.54) is 12.1 Å².